The summed E-state index contributed by atoms with van der Waals surface area (Å²) >= 11 is 0. The molecule has 59 heavy (non-hydrogen) atoms. The van der Waals surface area contributed by atoms with Crippen LogP contribution in [0.25, 0.3) is 61.3 Å². The maximum absolute atomic E-state index is 9.07. The summed E-state index contributed by atoms with van der Waals surface area (Å²) in [7, 11) is 0. The molecule has 9 aromatic rings. The first kappa shape index (κ1) is 26.9. The summed E-state index contributed by atoms with van der Waals surface area (Å²) in [5.41, 5.74) is 4.10. The molecule has 0 amide bonds. The molecule has 1 aliphatic rings. The Balaban J connectivity index is 1.14. The average Bonchev–Trinajstić information content (AvgIpc) is 3.94. The zero-order valence-corrected chi connectivity index (χ0v) is 33.1. The standard InChI is InChI=1S/C53H47N5O/c1-53(2,3)40-29-30-54-50(33-40)58-48-26-12-11-23-46(48)47-28-27-43(35-49(47)58)59-42-22-15-21-41(34-42)56-36-51(55-31-13-6-14-32-55)57(37-56)52-44(38-17-7-4-8-18-38)24-16-25-45(52)39-19-9-5-10-20-39/h4-5,7-12,15-30,33-36H,6,13-14,31-32H2,1-3H3/i4D,5D,7D,8D,9D,10D,17D,18D,19D,20D. The Morgan fingerprint density at radius 2 is 1.36 bits per heavy atom. The monoisotopic (exact) mass is 779 g/mol. The van der Waals surface area contributed by atoms with Crippen molar-refractivity contribution < 1.29 is 23.0 Å². The van der Waals surface area contributed by atoms with Gasteiger partial charge in [0.15, 0.2) is 12.1 Å². The summed E-state index contributed by atoms with van der Waals surface area (Å²) in [6, 6.07) is 25.9. The van der Waals surface area contributed by atoms with E-state index in [2.05, 4.69) is 66.9 Å². The van der Waals surface area contributed by atoms with Crippen molar-refractivity contribution in [3.8, 4) is 50.9 Å². The van der Waals surface area contributed by atoms with E-state index in [1.54, 1.807) is 27.3 Å². The number of para-hydroxylation sites is 2. The van der Waals surface area contributed by atoms with Crippen LogP contribution in [-0.4, -0.2) is 27.2 Å². The molecule has 0 atom stereocenters. The van der Waals surface area contributed by atoms with E-state index >= 15 is 0 Å². The van der Waals surface area contributed by atoms with Crippen molar-refractivity contribution in [2.45, 2.75) is 45.4 Å². The molecule has 0 unspecified atom stereocenters. The fraction of sp³-hybridized carbons (Fsp3) is 0.170. The number of rotatable bonds is 8. The number of ether oxygens (including phenoxy) is 1. The average molecular weight is 780 g/mol. The number of benzene rings is 6. The van der Waals surface area contributed by atoms with Crippen LogP contribution in [0.4, 0.5) is 5.82 Å². The van der Waals surface area contributed by atoms with Crippen LogP contribution >= 0.6 is 0 Å². The summed E-state index contributed by atoms with van der Waals surface area (Å²) in [5.74, 6) is 2.58. The van der Waals surface area contributed by atoms with E-state index in [1.165, 1.54) is 0 Å². The van der Waals surface area contributed by atoms with Crippen LogP contribution in [0.1, 0.15) is 59.3 Å². The maximum Gasteiger partial charge on any atom is 0.197 e. The lowest BCUT2D eigenvalue weighted by molar-refractivity contribution is -0.585. The lowest BCUT2D eigenvalue weighted by Crippen LogP contribution is -2.41. The Morgan fingerprint density at radius 3 is 2.08 bits per heavy atom. The fourth-order valence-electron chi connectivity index (χ4n) is 8.06. The maximum atomic E-state index is 9.07. The minimum absolute atomic E-state index is 0.0823. The van der Waals surface area contributed by atoms with Gasteiger partial charge in [-0.2, -0.15) is 0 Å². The molecule has 4 heterocycles. The number of fused-ring (bicyclic) bond motifs is 3. The van der Waals surface area contributed by atoms with E-state index in [9.17, 15) is 0 Å². The van der Waals surface area contributed by atoms with Gasteiger partial charge in [0.2, 0.25) is 0 Å². The van der Waals surface area contributed by atoms with E-state index in [4.69, 9.17) is 23.4 Å². The van der Waals surface area contributed by atoms with E-state index in [1.807, 2.05) is 60.9 Å². The molecule has 1 fully saturated rings. The number of nitrogens with zero attached hydrogens (tertiary/aromatic N) is 5. The second-order valence-electron chi connectivity index (χ2n) is 15.8. The van der Waals surface area contributed by atoms with Crippen molar-refractivity contribution in [2.75, 3.05) is 18.0 Å². The van der Waals surface area contributed by atoms with Gasteiger partial charge >= 0.3 is 0 Å². The van der Waals surface area contributed by atoms with E-state index in [0.717, 1.165) is 52.4 Å². The topological polar surface area (TPSA) is 39.1 Å². The predicted molar refractivity (Wildman–Crippen MR) is 240 cm³/mol. The molecule has 3 aromatic heterocycles. The van der Waals surface area contributed by atoms with Crippen molar-refractivity contribution in [1.29, 1.82) is 0 Å². The van der Waals surface area contributed by atoms with Gasteiger partial charge in [-0.15, -0.1) is 0 Å². The molecular weight excluding hydrogens is 723 g/mol. The number of aromatic nitrogens is 4. The molecule has 0 spiro atoms. The van der Waals surface area contributed by atoms with Gasteiger partial charge in [-0.05, 0) is 95.0 Å². The van der Waals surface area contributed by atoms with Gasteiger partial charge in [-0.25, -0.2) is 4.98 Å². The molecular formula is C53H47N5O. The normalized spacial score (nSPS) is 15.7. The predicted octanol–water partition coefficient (Wildman–Crippen LogP) is 12.5. The van der Waals surface area contributed by atoms with E-state index in [0.29, 0.717) is 36.1 Å². The van der Waals surface area contributed by atoms with Gasteiger partial charge in [0.25, 0.3) is 0 Å². The third kappa shape index (κ3) is 6.95. The molecule has 1 saturated heterocycles. The molecule has 0 bridgehead atoms. The first-order valence-electron chi connectivity index (χ1n) is 24.9. The highest BCUT2D eigenvalue weighted by atomic mass is 16.5. The highest BCUT2D eigenvalue weighted by Gasteiger charge is 2.24. The first-order chi connectivity index (χ1) is 33.0. The molecule has 6 nitrogen and oxygen atoms in total. The Labute approximate surface area is 360 Å². The van der Waals surface area contributed by atoms with Crippen molar-refractivity contribution >= 4 is 27.6 Å². The largest absolute Gasteiger partial charge is 0.458 e. The van der Waals surface area contributed by atoms with Gasteiger partial charge in [-0.1, -0.05) is 130 Å². The number of hydrogen-bond donors (Lipinski definition) is 0. The van der Waals surface area contributed by atoms with Gasteiger partial charge in [-0.3, -0.25) is 4.57 Å². The zero-order chi connectivity index (χ0) is 48.6. The summed E-state index contributed by atoms with van der Waals surface area (Å²) < 4.78 is 99.8. The summed E-state index contributed by atoms with van der Waals surface area (Å²) in [6.45, 7) is 7.91. The summed E-state index contributed by atoms with van der Waals surface area (Å²) in [6.07, 6.45) is 10.1. The molecule has 0 saturated carbocycles. The lowest BCUT2D eigenvalue weighted by Gasteiger charge is -2.28. The van der Waals surface area contributed by atoms with Gasteiger partial charge < -0.3 is 18.8 Å². The fourth-order valence-corrected chi connectivity index (χ4v) is 8.06. The molecule has 0 aliphatic carbocycles. The highest BCUT2D eigenvalue weighted by Crippen LogP contribution is 2.37. The van der Waals surface area contributed by atoms with Crippen molar-refractivity contribution in [3.05, 3.63) is 182 Å². The number of anilines is 1. The molecule has 1 aliphatic heterocycles. The van der Waals surface area contributed by atoms with Crippen LogP contribution in [0.15, 0.2) is 170 Å². The summed E-state index contributed by atoms with van der Waals surface area (Å²) in [5, 5.41) is 2.14. The van der Waals surface area contributed by atoms with Crippen LogP contribution in [0.2, 0.25) is 0 Å². The molecule has 0 N–H and O–H groups in total. The smallest absolute Gasteiger partial charge is 0.197 e. The number of pyridine rings is 1. The minimum atomic E-state index is -0.552. The molecule has 0 radical (unpaired) electrons. The first-order valence-corrected chi connectivity index (χ1v) is 19.9. The van der Waals surface area contributed by atoms with Crippen LogP contribution in [0.3, 0.4) is 0 Å². The van der Waals surface area contributed by atoms with Crippen LogP contribution < -0.4 is 14.2 Å². The Kier molecular flexibility index (Phi) is 6.89. The molecule has 6 aromatic carbocycles. The van der Waals surface area contributed by atoms with Crippen LogP contribution in [-0.2, 0) is 5.41 Å². The second-order valence-corrected chi connectivity index (χ2v) is 15.8. The van der Waals surface area contributed by atoms with Crippen molar-refractivity contribution in [3.63, 3.8) is 0 Å². The van der Waals surface area contributed by atoms with Crippen molar-refractivity contribution in [2.24, 2.45) is 0 Å². The Hall–Kier alpha value is -6.92. The number of hydrogen-bond acceptors (Lipinski definition) is 3. The van der Waals surface area contributed by atoms with E-state index in [-0.39, 0.29) is 33.4 Å². The lowest BCUT2D eigenvalue weighted by atomic mass is 9.88. The van der Waals surface area contributed by atoms with Gasteiger partial charge in [0.1, 0.15) is 17.3 Å². The highest BCUT2D eigenvalue weighted by molar-refractivity contribution is 6.09. The van der Waals surface area contributed by atoms with Gasteiger partial charge in [0.05, 0.1) is 43.5 Å². The second kappa shape index (κ2) is 15.1. The number of piperidine rings is 1. The zero-order valence-electron chi connectivity index (χ0n) is 43.1. The van der Waals surface area contributed by atoms with E-state index < -0.39 is 60.4 Å². The third-order valence-electron chi connectivity index (χ3n) is 11.0. The molecule has 6 heteroatoms. The Bertz CT molecular complexity index is 3390. The SMILES string of the molecule is [2H]c1c([2H])c([2H])c(-c2cccc(-c3c([2H])c([2H])c([2H])c([2H])c3[2H])c2-[n+]2[c-]n(-c3cccc(Oc4ccc5c6ccccc6n(-c6cc(C(C)(C)C)ccn6)c5c4)c3)cc2N2CCCCC2)c([2H])c1[2H]. The quantitative estimate of drug-likeness (QED) is 0.114. The minimum Gasteiger partial charge on any atom is -0.458 e. The summed E-state index contributed by atoms with van der Waals surface area (Å²) in [4.78, 5) is 7.01. The van der Waals surface area contributed by atoms with Gasteiger partial charge in [0, 0.05) is 34.9 Å². The number of imidazole rings is 1. The van der Waals surface area contributed by atoms with Crippen LogP contribution in [0.5, 0.6) is 11.5 Å². The Morgan fingerprint density at radius 1 is 0.678 bits per heavy atom. The third-order valence-corrected chi connectivity index (χ3v) is 11.0. The van der Waals surface area contributed by atoms with Crippen molar-refractivity contribution in [1.82, 2.24) is 14.1 Å². The molecule has 10 rings (SSSR count). The molecule has 290 valence electrons. The van der Waals surface area contributed by atoms with Crippen LogP contribution in [0, 0.1) is 6.33 Å².